The number of rotatable bonds is 6. The van der Waals surface area contributed by atoms with Crippen LogP contribution in [0, 0.1) is 0 Å². The quantitative estimate of drug-likeness (QED) is 0.798. The summed E-state index contributed by atoms with van der Waals surface area (Å²) in [6.45, 7) is 2.24. The highest BCUT2D eigenvalue weighted by molar-refractivity contribution is 8.00. The minimum Gasteiger partial charge on any atom is -0.315 e. The molecule has 1 aromatic heterocycles. The van der Waals surface area contributed by atoms with E-state index in [1.54, 1.807) is 0 Å². The predicted molar refractivity (Wildman–Crippen MR) is 80.1 cm³/mol. The second-order valence-electron chi connectivity index (χ2n) is 5.23. The second kappa shape index (κ2) is 7.15. The molecule has 1 heterocycles. The van der Waals surface area contributed by atoms with Crippen LogP contribution < -0.4 is 5.32 Å². The normalized spacial score (nSPS) is 18.7. The van der Waals surface area contributed by atoms with Crippen LogP contribution in [0.1, 0.15) is 37.7 Å². The molecule has 1 aliphatic rings. The van der Waals surface area contributed by atoms with E-state index in [1.165, 1.54) is 44.2 Å². The third-order valence-corrected chi connectivity index (χ3v) is 5.40. The zero-order valence-corrected chi connectivity index (χ0v) is 12.1. The number of hydrogen-bond acceptors (Lipinski definition) is 3. The smallest absolute Gasteiger partial charge is 0.0281 e. The number of hydrogen-bond donors (Lipinski definition) is 1. The average molecular weight is 264 g/mol. The summed E-state index contributed by atoms with van der Waals surface area (Å²) in [6, 6.07) is 4.21. The molecule has 0 saturated heterocycles. The first-order chi connectivity index (χ1) is 8.85. The van der Waals surface area contributed by atoms with Crippen molar-refractivity contribution in [2.24, 2.45) is 0 Å². The molecule has 0 spiro atoms. The van der Waals surface area contributed by atoms with Crippen molar-refractivity contribution in [1.82, 2.24) is 10.3 Å². The zero-order chi connectivity index (χ0) is 12.7. The van der Waals surface area contributed by atoms with Gasteiger partial charge in [-0.25, -0.2) is 0 Å². The Morgan fingerprint density at radius 3 is 2.61 bits per heavy atom. The molecule has 0 unspecified atom stereocenters. The van der Waals surface area contributed by atoms with Gasteiger partial charge in [-0.3, -0.25) is 4.98 Å². The van der Waals surface area contributed by atoms with Gasteiger partial charge in [0.2, 0.25) is 0 Å². The number of nitrogens with one attached hydrogen (secondary N) is 1. The fourth-order valence-corrected chi connectivity index (χ4v) is 3.69. The third-order valence-electron chi connectivity index (χ3n) is 3.98. The highest BCUT2D eigenvalue weighted by Gasteiger charge is 2.30. The Morgan fingerprint density at radius 1 is 1.22 bits per heavy atom. The third kappa shape index (κ3) is 3.99. The van der Waals surface area contributed by atoms with E-state index in [2.05, 4.69) is 40.5 Å². The van der Waals surface area contributed by atoms with Gasteiger partial charge in [-0.15, -0.1) is 0 Å². The summed E-state index contributed by atoms with van der Waals surface area (Å²) in [5.41, 5.74) is 1.37. The van der Waals surface area contributed by atoms with Gasteiger partial charge in [-0.05, 0) is 49.8 Å². The molecule has 0 radical (unpaired) electrons. The van der Waals surface area contributed by atoms with Crippen LogP contribution in [-0.4, -0.2) is 29.1 Å². The first kappa shape index (κ1) is 13.9. The fraction of sp³-hybridized carbons (Fsp3) is 0.667. The van der Waals surface area contributed by atoms with Crippen molar-refractivity contribution in [2.75, 3.05) is 19.3 Å². The maximum absolute atomic E-state index is 4.05. The SMILES string of the molecule is CSC1(CNCCc2ccncc2)CCCCC1. The first-order valence-electron chi connectivity index (χ1n) is 6.99. The Morgan fingerprint density at radius 2 is 1.94 bits per heavy atom. The van der Waals surface area contributed by atoms with Crippen LogP contribution in [0.5, 0.6) is 0 Å². The predicted octanol–water partition coefficient (Wildman–Crippen LogP) is 3.28. The molecular formula is C15H24N2S. The van der Waals surface area contributed by atoms with Gasteiger partial charge in [-0.1, -0.05) is 19.3 Å². The van der Waals surface area contributed by atoms with E-state index in [4.69, 9.17) is 0 Å². The molecule has 1 fully saturated rings. The van der Waals surface area contributed by atoms with Gasteiger partial charge in [0.1, 0.15) is 0 Å². The fourth-order valence-electron chi connectivity index (χ4n) is 2.75. The van der Waals surface area contributed by atoms with Crippen LogP contribution in [-0.2, 0) is 6.42 Å². The van der Waals surface area contributed by atoms with Gasteiger partial charge in [0.25, 0.3) is 0 Å². The van der Waals surface area contributed by atoms with Crippen LogP contribution in [0.3, 0.4) is 0 Å². The summed E-state index contributed by atoms with van der Waals surface area (Å²) in [7, 11) is 0. The summed E-state index contributed by atoms with van der Waals surface area (Å²) in [5, 5.41) is 3.65. The summed E-state index contributed by atoms with van der Waals surface area (Å²) >= 11 is 2.07. The molecule has 0 bridgehead atoms. The number of pyridine rings is 1. The van der Waals surface area contributed by atoms with E-state index in [-0.39, 0.29) is 0 Å². The van der Waals surface area contributed by atoms with Gasteiger partial charge in [0, 0.05) is 23.7 Å². The zero-order valence-electron chi connectivity index (χ0n) is 11.3. The molecule has 1 aliphatic carbocycles. The molecule has 0 aromatic carbocycles. The summed E-state index contributed by atoms with van der Waals surface area (Å²) in [4.78, 5) is 4.05. The number of aromatic nitrogens is 1. The molecule has 2 nitrogen and oxygen atoms in total. The molecule has 1 N–H and O–H groups in total. The molecule has 2 rings (SSSR count). The molecule has 1 aromatic rings. The van der Waals surface area contributed by atoms with Crippen molar-refractivity contribution in [2.45, 2.75) is 43.3 Å². The summed E-state index contributed by atoms with van der Waals surface area (Å²) in [6.07, 6.45) is 14.1. The Balaban J connectivity index is 1.71. The maximum atomic E-state index is 4.05. The minimum atomic E-state index is 0.510. The van der Waals surface area contributed by atoms with Crippen LogP contribution >= 0.6 is 11.8 Å². The highest BCUT2D eigenvalue weighted by Crippen LogP contribution is 2.37. The van der Waals surface area contributed by atoms with E-state index in [0.29, 0.717) is 4.75 Å². The molecular weight excluding hydrogens is 240 g/mol. The van der Waals surface area contributed by atoms with Crippen molar-refractivity contribution < 1.29 is 0 Å². The van der Waals surface area contributed by atoms with Crippen molar-refractivity contribution in [3.05, 3.63) is 30.1 Å². The van der Waals surface area contributed by atoms with Crippen molar-refractivity contribution in [1.29, 1.82) is 0 Å². The lowest BCUT2D eigenvalue weighted by atomic mass is 9.88. The van der Waals surface area contributed by atoms with Gasteiger partial charge >= 0.3 is 0 Å². The standard InChI is InChI=1S/C15H24N2S/c1-18-15(8-3-2-4-9-15)13-17-12-7-14-5-10-16-11-6-14/h5-6,10-11,17H,2-4,7-9,12-13H2,1H3. The van der Waals surface area contributed by atoms with Crippen molar-refractivity contribution >= 4 is 11.8 Å². The number of thioether (sulfide) groups is 1. The van der Waals surface area contributed by atoms with E-state index >= 15 is 0 Å². The highest BCUT2D eigenvalue weighted by atomic mass is 32.2. The molecule has 100 valence electrons. The summed E-state index contributed by atoms with van der Waals surface area (Å²) < 4.78 is 0.510. The van der Waals surface area contributed by atoms with Crippen LogP contribution in [0.2, 0.25) is 0 Å². The largest absolute Gasteiger partial charge is 0.315 e. The van der Waals surface area contributed by atoms with Gasteiger partial charge in [0.15, 0.2) is 0 Å². The minimum absolute atomic E-state index is 0.510. The molecule has 0 amide bonds. The van der Waals surface area contributed by atoms with Crippen LogP contribution in [0.25, 0.3) is 0 Å². The molecule has 18 heavy (non-hydrogen) atoms. The molecule has 0 atom stereocenters. The first-order valence-corrected chi connectivity index (χ1v) is 8.22. The summed E-state index contributed by atoms with van der Waals surface area (Å²) in [5.74, 6) is 0. The Hall–Kier alpha value is -0.540. The van der Waals surface area contributed by atoms with Gasteiger partial charge in [0.05, 0.1) is 0 Å². The Labute approximate surface area is 115 Å². The lowest BCUT2D eigenvalue weighted by Gasteiger charge is -2.36. The molecule has 3 heteroatoms. The van der Waals surface area contributed by atoms with Crippen molar-refractivity contribution in [3.63, 3.8) is 0 Å². The van der Waals surface area contributed by atoms with Crippen molar-refractivity contribution in [3.8, 4) is 0 Å². The lowest BCUT2D eigenvalue weighted by molar-refractivity contribution is 0.381. The molecule has 0 aliphatic heterocycles. The monoisotopic (exact) mass is 264 g/mol. The van der Waals surface area contributed by atoms with E-state index < -0.39 is 0 Å². The van der Waals surface area contributed by atoms with E-state index in [1.807, 2.05) is 12.4 Å². The lowest BCUT2D eigenvalue weighted by Crippen LogP contribution is -2.40. The second-order valence-corrected chi connectivity index (χ2v) is 6.50. The topological polar surface area (TPSA) is 24.9 Å². The van der Waals surface area contributed by atoms with Gasteiger partial charge in [-0.2, -0.15) is 11.8 Å². The van der Waals surface area contributed by atoms with Gasteiger partial charge < -0.3 is 5.32 Å². The average Bonchev–Trinajstić information content (AvgIpc) is 2.46. The number of nitrogens with zero attached hydrogens (tertiary/aromatic N) is 1. The van der Waals surface area contributed by atoms with Crippen LogP contribution in [0.4, 0.5) is 0 Å². The Bertz CT molecular complexity index is 334. The Kier molecular flexibility index (Phi) is 5.51. The van der Waals surface area contributed by atoms with Crippen LogP contribution in [0.15, 0.2) is 24.5 Å². The maximum Gasteiger partial charge on any atom is 0.0281 e. The molecule has 1 saturated carbocycles. The van der Waals surface area contributed by atoms with E-state index in [9.17, 15) is 0 Å². The van der Waals surface area contributed by atoms with E-state index in [0.717, 1.165) is 13.0 Å².